The highest BCUT2D eigenvalue weighted by molar-refractivity contribution is 5.48. The number of benzene rings is 1. The van der Waals surface area contributed by atoms with E-state index in [0.29, 0.717) is 6.04 Å². The standard InChI is InChI=1S/C18H30N2/c1-3-13-19-16(2)17-9-11-18(12-10-17)20-14-7-5-4-6-8-15-20/h9-12,16,19H,3-8,13-15H2,1-2H3. The molecule has 1 fully saturated rings. The van der Waals surface area contributed by atoms with E-state index in [4.69, 9.17) is 0 Å². The van der Waals surface area contributed by atoms with Crippen LogP contribution in [0.15, 0.2) is 24.3 Å². The lowest BCUT2D eigenvalue weighted by molar-refractivity contribution is 0.556. The van der Waals surface area contributed by atoms with Crippen molar-refractivity contribution in [1.82, 2.24) is 5.32 Å². The van der Waals surface area contributed by atoms with Crippen LogP contribution >= 0.6 is 0 Å². The Morgan fingerprint density at radius 3 is 2.20 bits per heavy atom. The first-order valence-corrected chi connectivity index (χ1v) is 8.39. The van der Waals surface area contributed by atoms with Crippen molar-refractivity contribution in [2.75, 3.05) is 24.5 Å². The van der Waals surface area contributed by atoms with Crippen molar-refractivity contribution >= 4 is 5.69 Å². The van der Waals surface area contributed by atoms with Gasteiger partial charge in [-0.05, 0) is 50.4 Å². The Kier molecular flexibility index (Phi) is 6.38. The Hall–Kier alpha value is -1.02. The van der Waals surface area contributed by atoms with E-state index in [-0.39, 0.29) is 0 Å². The number of rotatable bonds is 5. The molecule has 0 aliphatic carbocycles. The van der Waals surface area contributed by atoms with Crippen molar-refractivity contribution in [2.24, 2.45) is 0 Å². The normalized spacial score (nSPS) is 18.4. The van der Waals surface area contributed by atoms with Gasteiger partial charge in [0.2, 0.25) is 0 Å². The maximum atomic E-state index is 3.55. The molecular weight excluding hydrogens is 244 g/mol. The van der Waals surface area contributed by atoms with Crippen LogP contribution in [0.2, 0.25) is 0 Å². The largest absolute Gasteiger partial charge is 0.372 e. The van der Waals surface area contributed by atoms with Gasteiger partial charge in [0.15, 0.2) is 0 Å². The summed E-state index contributed by atoms with van der Waals surface area (Å²) < 4.78 is 0. The third-order valence-corrected chi connectivity index (χ3v) is 4.31. The fourth-order valence-corrected chi connectivity index (χ4v) is 2.96. The zero-order valence-electron chi connectivity index (χ0n) is 13.2. The zero-order valence-corrected chi connectivity index (χ0v) is 13.2. The Morgan fingerprint density at radius 2 is 1.60 bits per heavy atom. The Balaban J connectivity index is 1.95. The van der Waals surface area contributed by atoms with Gasteiger partial charge in [0.25, 0.3) is 0 Å². The minimum atomic E-state index is 0.455. The lowest BCUT2D eigenvalue weighted by Crippen LogP contribution is -2.27. The van der Waals surface area contributed by atoms with Crippen molar-refractivity contribution in [3.8, 4) is 0 Å². The van der Waals surface area contributed by atoms with Crippen molar-refractivity contribution < 1.29 is 0 Å². The van der Waals surface area contributed by atoms with Crippen LogP contribution in [0.3, 0.4) is 0 Å². The summed E-state index contributed by atoms with van der Waals surface area (Å²) in [5.74, 6) is 0. The van der Waals surface area contributed by atoms with Crippen LogP contribution in [0, 0.1) is 0 Å². The van der Waals surface area contributed by atoms with Gasteiger partial charge in [-0.1, -0.05) is 38.3 Å². The summed E-state index contributed by atoms with van der Waals surface area (Å²) in [4.78, 5) is 2.56. The highest BCUT2D eigenvalue weighted by Crippen LogP contribution is 2.22. The van der Waals surface area contributed by atoms with Crippen molar-refractivity contribution in [3.63, 3.8) is 0 Å². The quantitative estimate of drug-likeness (QED) is 0.849. The molecule has 1 aromatic carbocycles. The van der Waals surface area contributed by atoms with Crippen molar-refractivity contribution in [1.29, 1.82) is 0 Å². The van der Waals surface area contributed by atoms with Gasteiger partial charge in [0.1, 0.15) is 0 Å². The van der Waals surface area contributed by atoms with E-state index in [1.54, 1.807) is 0 Å². The van der Waals surface area contributed by atoms with Crippen LogP contribution in [-0.2, 0) is 0 Å². The van der Waals surface area contributed by atoms with Gasteiger partial charge in [-0.2, -0.15) is 0 Å². The first kappa shape index (κ1) is 15.4. The zero-order chi connectivity index (χ0) is 14.2. The highest BCUT2D eigenvalue weighted by atomic mass is 15.1. The fourth-order valence-electron chi connectivity index (χ4n) is 2.96. The lowest BCUT2D eigenvalue weighted by Gasteiger charge is -2.27. The van der Waals surface area contributed by atoms with Crippen LogP contribution in [0.5, 0.6) is 0 Å². The van der Waals surface area contributed by atoms with Gasteiger partial charge in [-0.15, -0.1) is 0 Å². The molecule has 2 nitrogen and oxygen atoms in total. The molecule has 1 aliphatic rings. The Labute approximate surface area is 124 Å². The molecule has 0 aromatic heterocycles. The minimum Gasteiger partial charge on any atom is -0.372 e. The van der Waals surface area contributed by atoms with Crippen LogP contribution in [0.25, 0.3) is 0 Å². The van der Waals surface area contributed by atoms with Crippen LogP contribution in [-0.4, -0.2) is 19.6 Å². The molecule has 0 saturated carbocycles. The molecule has 0 spiro atoms. The number of nitrogens with zero attached hydrogens (tertiary/aromatic N) is 1. The average molecular weight is 274 g/mol. The predicted molar refractivity (Wildman–Crippen MR) is 88.4 cm³/mol. The van der Waals surface area contributed by atoms with Gasteiger partial charge in [0.05, 0.1) is 0 Å². The molecule has 1 heterocycles. The highest BCUT2D eigenvalue weighted by Gasteiger charge is 2.10. The molecule has 1 atom stereocenters. The van der Waals surface area contributed by atoms with E-state index < -0.39 is 0 Å². The fraction of sp³-hybridized carbons (Fsp3) is 0.667. The molecule has 2 heteroatoms. The van der Waals surface area contributed by atoms with E-state index in [1.807, 2.05) is 0 Å². The van der Waals surface area contributed by atoms with Crippen LogP contribution in [0.4, 0.5) is 5.69 Å². The summed E-state index contributed by atoms with van der Waals surface area (Å²) in [5.41, 5.74) is 2.80. The predicted octanol–water partition coefficient (Wildman–Crippen LogP) is 4.52. The number of nitrogens with one attached hydrogen (secondary N) is 1. The summed E-state index contributed by atoms with van der Waals surface area (Å²) in [5, 5.41) is 3.55. The summed E-state index contributed by atoms with van der Waals surface area (Å²) in [6.45, 7) is 8.01. The molecule has 1 aliphatic heterocycles. The molecule has 1 unspecified atom stereocenters. The first-order chi connectivity index (χ1) is 9.81. The second kappa shape index (κ2) is 8.31. The average Bonchev–Trinajstić information content (AvgIpc) is 2.45. The monoisotopic (exact) mass is 274 g/mol. The first-order valence-electron chi connectivity index (χ1n) is 8.39. The molecule has 0 radical (unpaired) electrons. The third kappa shape index (κ3) is 4.52. The summed E-state index contributed by atoms with van der Waals surface area (Å²) in [6.07, 6.45) is 8.09. The SMILES string of the molecule is CCCNC(C)c1ccc(N2CCCCCCC2)cc1. The molecule has 0 bridgehead atoms. The maximum Gasteiger partial charge on any atom is 0.0366 e. The molecular formula is C18H30N2. The van der Waals surface area contributed by atoms with E-state index in [1.165, 1.54) is 62.9 Å². The van der Waals surface area contributed by atoms with Gasteiger partial charge in [0, 0.05) is 24.8 Å². The van der Waals surface area contributed by atoms with Crippen LogP contribution < -0.4 is 10.2 Å². The molecule has 1 aromatic rings. The topological polar surface area (TPSA) is 15.3 Å². The molecule has 1 N–H and O–H groups in total. The molecule has 2 rings (SSSR count). The maximum absolute atomic E-state index is 3.55. The number of anilines is 1. The van der Waals surface area contributed by atoms with E-state index in [0.717, 1.165) is 6.54 Å². The summed E-state index contributed by atoms with van der Waals surface area (Å²) in [6, 6.07) is 9.65. The van der Waals surface area contributed by atoms with Gasteiger partial charge >= 0.3 is 0 Å². The number of hydrogen-bond acceptors (Lipinski definition) is 2. The molecule has 0 amide bonds. The second-order valence-electron chi connectivity index (χ2n) is 6.02. The van der Waals surface area contributed by atoms with Crippen molar-refractivity contribution in [2.45, 2.75) is 58.4 Å². The lowest BCUT2D eigenvalue weighted by atomic mass is 10.1. The van der Waals surface area contributed by atoms with Gasteiger partial charge in [-0.25, -0.2) is 0 Å². The molecule has 20 heavy (non-hydrogen) atoms. The van der Waals surface area contributed by atoms with E-state index >= 15 is 0 Å². The Morgan fingerprint density at radius 1 is 1.00 bits per heavy atom. The van der Waals surface area contributed by atoms with E-state index in [2.05, 4.69) is 48.3 Å². The van der Waals surface area contributed by atoms with Gasteiger partial charge in [-0.3, -0.25) is 0 Å². The van der Waals surface area contributed by atoms with Crippen LogP contribution in [0.1, 0.15) is 64.0 Å². The smallest absolute Gasteiger partial charge is 0.0366 e. The minimum absolute atomic E-state index is 0.455. The molecule has 112 valence electrons. The van der Waals surface area contributed by atoms with Gasteiger partial charge < -0.3 is 10.2 Å². The Bertz CT molecular complexity index is 364. The summed E-state index contributed by atoms with van der Waals surface area (Å²) >= 11 is 0. The second-order valence-corrected chi connectivity index (χ2v) is 6.02. The third-order valence-electron chi connectivity index (χ3n) is 4.31. The summed E-state index contributed by atoms with van der Waals surface area (Å²) in [7, 11) is 0. The van der Waals surface area contributed by atoms with Crippen molar-refractivity contribution in [3.05, 3.63) is 29.8 Å². The number of hydrogen-bond donors (Lipinski definition) is 1. The molecule has 1 saturated heterocycles. The van der Waals surface area contributed by atoms with E-state index in [9.17, 15) is 0 Å².